The maximum atomic E-state index is 12.7. The van der Waals surface area contributed by atoms with Crippen LogP contribution in [0.15, 0.2) is 48.8 Å². The number of anilines is 1. The van der Waals surface area contributed by atoms with E-state index >= 15 is 0 Å². The second-order valence-electron chi connectivity index (χ2n) is 3.74. The molecule has 1 aromatic heterocycles. The number of para-hydroxylation sites is 1. The van der Waals surface area contributed by atoms with Crippen molar-refractivity contribution >= 4 is 24.0 Å². The van der Waals surface area contributed by atoms with Crippen molar-refractivity contribution in [2.75, 3.05) is 5.32 Å². The molecule has 0 spiro atoms. The molecule has 2 rings (SSSR count). The van der Waals surface area contributed by atoms with Crippen molar-refractivity contribution < 1.29 is 18.0 Å². The van der Waals surface area contributed by atoms with Gasteiger partial charge in [-0.15, -0.1) is 12.4 Å². The summed E-state index contributed by atoms with van der Waals surface area (Å²) in [6, 6.07) is 7.82. The maximum Gasteiger partial charge on any atom is 0.418 e. The van der Waals surface area contributed by atoms with Crippen LogP contribution >= 0.6 is 12.4 Å². The van der Waals surface area contributed by atoms with Crippen molar-refractivity contribution in [1.82, 2.24) is 4.98 Å². The van der Waals surface area contributed by atoms with Crippen LogP contribution in [0, 0.1) is 0 Å². The molecule has 106 valence electrons. The Bertz CT molecular complexity index is 588. The van der Waals surface area contributed by atoms with Gasteiger partial charge in [-0.2, -0.15) is 13.2 Å². The Kier molecular flexibility index (Phi) is 5.10. The molecule has 0 saturated heterocycles. The van der Waals surface area contributed by atoms with Crippen LogP contribution in [0.1, 0.15) is 15.9 Å². The number of hydrogen-bond donors (Lipinski definition) is 1. The number of hydrogen-bond acceptors (Lipinski definition) is 2. The quantitative estimate of drug-likeness (QED) is 0.917. The highest BCUT2D eigenvalue weighted by atomic mass is 35.5. The summed E-state index contributed by atoms with van der Waals surface area (Å²) in [5.41, 5.74) is -0.962. The summed E-state index contributed by atoms with van der Waals surface area (Å²) in [4.78, 5) is 15.5. The van der Waals surface area contributed by atoms with Crippen LogP contribution in [0.2, 0.25) is 0 Å². The molecular weight excluding hydrogens is 293 g/mol. The Hall–Kier alpha value is -2.08. The van der Waals surface area contributed by atoms with Gasteiger partial charge in [0.25, 0.3) is 5.91 Å². The molecule has 0 radical (unpaired) electrons. The number of carbonyl (C=O) groups excluding carboxylic acids is 1. The minimum atomic E-state index is -4.52. The van der Waals surface area contributed by atoms with Gasteiger partial charge in [-0.25, -0.2) is 0 Å². The SMILES string of the molecule is Cl.O=C(Nc1ccccc1C(F)(F)F)c1cccnc1. The topological polar surface area (TPSA) is 42.0 Å². The van der Waals surface area contributed by atoms with Crippen molar-refractivity contribution in [3.63, 3.8) is 0 Å². The lowest BCUT2D eigenvalue weighted by Gasteiger charge is -2.13. The number of rotatable bonds is 2. The maximum absolute atomic E-state index is 12.7. The van der Waals surface area contributed by atoms with Crippen LogP contribution in [0.4, 0.5) is 18.9 Å². The molecule has 0 aliphatic heterocycles. The minimum absolute atomic E-state index is 0. The fourth-order valence-corrected chi connectivity index (χ4v) is 1.53. The van der Waals surface area contributed by atoms with Crippen molar-refractivity contribution in [1.29, 1.82) is 0 Å². The Morgan fingerprint density at radius 3 is 2.40 bits per heavy atom. The molecule has 2 aromatic rings. The first-order valence-electron chi connectivity index (χ1n) is 5.36. The number of benzene rings is 1. The summed E-state index contributed by atoms with van der Waals surface area (Å²) >= 11 is 0. The number of nitrogens with one attached hydrogen (secondary N) is 1. The van der Waals surface area contributed by atoms with E-state index in [-0.39, 0.29) is 23.7 Å². The zero-order chi connectivity index (χ0) is 13.9. The fraction of sp³-hybridized carbons (Fsp3) is 0.0769. The lowest BCUT2D eigenvalue weighted by Crippen LogP contribution is -2.16. The first-order chi connectivity index (χ1) is 8.98. The van der Waals surface area contributed by atoms with Crippen molar-refractivity contribution in [3.05, 3.63) is 59.9 Å². The smallest absolute Gasteiger partial charge is 0.321 e. The van der Waals surface area contributed by atoms with Gasteiger partial charge in [0, 0.05) is 12.4 Å². The number of alkyl halides is 3. The highest BCUT2D eigenvalue weighted by Crippen LogP contribution is 2.34. The number of halogens is 4. The van der Waals surface area contributed by atoms with Crippen LogP contribution in [0.25, 0.3) is 0 Å². The Labute approximate surface area is 119 Å². The molecule has 7 heteroatoms. The van der Waals surface area contributed by atoms with Gasteiger partial charge >= 0.3 is 6.18 Å². The molecule has 3 nitrogen and oxygen atoms in total. The summed E-state index contributed by atoms with van der Waals surface area (Å²) in [6.45, 7) is 0. The van der Waals surface area contributed by atoms with Crippen LogP contribution in [0.5, 0.6) is 0 Å². The minimum Gasteiger partial charge on any atom is -0.321 e. The summed E-state index contributed by atoms with van der Waals surface area (Å²) < 4.78 is 38.2. The molecule has 1 heterocycles. The molecule has 0 aliphatic rings. The molecular formula is C13H10ClF3N2O. The van der Waals surface area contributed by atoms with E-state index in [0.717, 1.165) is 6.07 Å². The number of aromatic nitrogens is 1. The summed E-state index contributed by atoms with van der Waals surface area (Å²) in [6.07, 6.45) is -1.76. The number of pyridine rings is 1. The van der Waals surface area contributed by atoms with E-state index in [4.69, 9.17) is 0 Å². The van der Waals surface area contributed by atoms with E-state index in [0.29, 0.717) is 0 Å². The van der Waals surface area contributed by atoms with Gasteiger partial charge in [0.15, 0.2) is 0 Å². The third-order valence-corrected chi connectivity index (χ3v) is 2.40. The third kappa shape index (κ3) is 3.71. The lowest BCUT2D eigenvalue weighted by molar-refractivity contribution is -0.136. The first-order valence-corrected chi connectivity index (χ1v) is 5.36. The summed E-state index contributed by atoms with van der Waals surface area (Å²) in [7, 11) is 0. The normalized spacial score (nSPS) is 10.6. The van der Waals surface area contributed by atoms with Crippen LogP contribution < -0.4 is 5.32 Å². The standard InChI is InChI=1S/C13H9F3N2O.ClH/c14-13(15,16)10-5-1-2-6-11(10)18-12(19)9-4-3-7-17-8-9;/h1-8H,(H,18,19);1H. The Morgan fingerprint density at radius 2 is 1.80 bits per heavy atom. The van der Waals surface area contributed by atoms with Crippen molar-refractivity contribution in [2.45, 2.75) is 6.18 Å². The van der Waals surface area contributed by atoms with Gasteiger partial charge in [0.1, 0.15) is 0 Å². The van der Waals surface area contributed by atoms with Crippen LogP contribution in [-0.2, 0) is 6.18 Å². The zero-order valence-corrected chi connectivity index (χ0v) is 10.8. The summed E-state index contributed by atoms with van der Waals surface area (Å²) in [5, 5.41) is 2.23. The monoisotopic (exact) mass is 302 g/mol. The molecule has 0 unspecified atom stereocenters. The Balaban J connectivity index is 0.00000200. The van der Waals surface area contributed by atoms with Gasteiger partial charge in [-0.3, -0.25) is 9.78 Å². The number of nitrogens with zero attached hydrogens (tertiary/aromatic N) is 1. The molecule has 1 N–H and O–H groups in total. The number of amides is 1. The number of carbonyl (C=O) groups is 1. The molecule has 1 aromatic carbocycles. The van der Waals surface area contributed by atoms with E-state index in [1.54, 1.807) is 0 Å². The molecule has 20 heavy (non-hydrogen) atoms. The fourth-order valence-electron chi connectivity index (χ4n) is 1.53. The van der Waals surface area contributed by atoms with E-state index in [9.17, 15) is 18.0 Å². The lowest BCUT2D eigenvalue weighted by atomic mass is 10.1. The van der Waals surface area contributed by atoms with Crippen molar-refractivity contribution in [3.8, 4) is 0 Å². The molecule has 0 fully saturated rings. The van der Waals surface area contributed by atoms with Gasteiger partial charge in [-0.1, -0.05) is 12.1 Å². The van der Waals surface area contributed by atoms with E-state index < -0.39 is 17.6 Å². The highest BCUT2D eigenvalue weighted by molar-refractivity contribution is 6.04. The zero-order valence-electron chi connectivity index (χ0n) is 10.0. The third-order valence-electron chi connectivity index (χ3n) is 2.40. The second kappa shape index (κ2) is 6.38. The predicted octanol–water partition coefficient (Wildman–Crippen LogP) is 3.77. The molecule has 1 amide bonds. The predicted molar refractivity (Wildman–Crippen MR) is 70.9 cm³/mol. The van der Waals surface area contributed by atoms with E-state index in [1.165, 1.54) is 42.7 Å². The van der Waals surface area contributed by atoms with Gasteiger partial charge in [0.2, 0.25) is 0 Å². The molecule has 0 bridgehead atoms. The molecule has 0 saturated carbocycles. The van der Waals surface area contributed by atoms with Crippen LogP contribution in [0.3, 0.4) is 0 Å². The van der Waals surface area contributed by atoms with Gasteiger partial charge in [0.05, 0.1) is 16.8 Å². The highest BCUT2D eigenvalue weighted by Gasteiger charge is 2.33. The van der Waals surface area contributed by atoms with Crippen molar-refractivity contribution in [2.24, 2.45) is 0 Å². The van der Waals surface area contributed by atoms with Gasteiger partial charge < -0.3 is 5.32 Å². The Morgan fingerprint density at radius 1 is 1.10 bits per heavy atom. The average molecular weight is 303 g/mol. The first kappa shape index (κ1) is 16.0. The summed E-state index contributed by atoms with van der Waals surface area (Å²) in [5.74, 6) is -0.634. The molecule has 0 aliphatic carbocycles. The average Bonchev–Trinajstić information content (AvgIpc) is 2.39. The molecule has 0 atom stereocenters. The van der Waals surface area contributed by atoms with Gasteiger partial charge in [-0.05, 0) is 24.3 Å². The van der Waals surface area contributed by atoms with Crippen LogP contribution in [-0.4, -0.2) is 10.9 Å². The van der Waals surface area contributed by atoms with E-state index in [2.05, 4.69) is 10.3 Å². The largest absolute Gasteiger partial charge is 0.418 e. The second-order valence-corrected chi connectivity index (χ2v) is 3.74. The van der Waals surface area contributed by atoms with E-state index in [1.807, 2.05) is 0 Å².